The summed E-state index contributed by atoms with van der Waals surface area (Å²) in [6, 6.07) is 8.23. The standard InChI is InChI=1S/C15H22N2O2/c1-17(2)13-6-3-12(4-7-13)5-8-14(19)16-15(11-18)9-10-15/h3-4,6-7,18H,5,8-11H2,1-2H3,(H,16,19). The van der Waals surface area contributed by atoms with Crippen molar-refractivity contribution >= 4 is 11.6 Å². The minimum atomic E-state index is -0.300. The zero-order valence-corrected chi connectivity index (χ0v) is 11.6. The number of aliphatic hydroxyl groups is 1. The molecule has 1 aliphatic rings. The highest BCUT2D eigenvalue weighted by molar-refractivity contribution is 5.77. The van der Waals surface area contributed by atoms with Crippen molar-refractivity contribution in [1.29, 1.82) is 0 Å². The largest absolute Gasteiger partial charge is 0.394 e. The summed E-state index contributed by atoms with van der Waals surface area (Å²) in [5.41, 5.74) is 2.02. The number of hydrogen-bond donors (Lipinski definition) is 2. The fourth-order valence-electron chi connectivity index (χ4n) is 2.05. The van der Waals surface area contributed by atoms with Crippen LogP contribution in [0.15, 0.2) is 24.3 Å². The molecule has 1 aromatic carbocycles. The Hall–Kier alpha value is -1.55. The number of nitrogens with one attached hydrogen (secondary N) is 1. The lowest BCUT2D eigenvalue weighted by Gasteiger charge is -2.14. The Labute approximate surface area is 114 Å². The highest BCUT2D eigenvalue weighted by Crippen LogP contribution is 2.34. The monoisotopic (exact) mass is 262 g/mol. The molecule has 2 rings (SSSR count). The van der Waals surface area contributed by atoms with Gasteiger partial charge in [0, 0.05) is 26.2 Å². The number of carbonyl (C=O) groups is 1. The van der Waals surface area contributed by atoms with E-state index < -0.39 is 0 Å². The summed E-state index contributed by atoms with van der Waals surface area (Å²) in [5.74, 6) is 0.0308. The Morgan fingerprint density at radius 1 is 1.32 bits per heavy atom. The number of anilines is 1. The van der Waals surface area contributed by atoms with Crippen molar-refractivity contribution in [2.45, 2.75) is 31.2 Å². The minimum absolute atomic E-state index is 0.0308. The molecular formula is C15H22N2O2. The van der Waals surface area contributed by atoms with Gasteiger partial charge in [-0.25, -0.2) is 0 Å². The predicted molar refractivity (Wildman–Crippen MR) is 76.3 cm³/mol. The summed E-state index contributed by atoms with van der Waals surface area (Å²) in [4.78, 5) is 13.8. The van der Waals surface area contributed by atoms with Crippen molar-refractivity contribution in [2.75, 3.05) is 25.6 Å². The quantitative estimate of drug-likeness (QED) is 0.813. The van der Waals surface area contributed by atoms with Crippen molar-refractivity contribution in [1.82, 2.24) is 5.32 Å². The van der Waals surface area contributed by atoms with Crippen LogP contribution >= 0.6 is 0 Å². The zero-order valence-electron chi connectivity index (χ0n) is 11.6. The van der Waals surface area contributed by atoms with Crippen LogP contribution in [0.4, 0.5) is 5.69 Å². The first-order valence-corrected chi connectivity index (χ1v) is 6.73. The third kappa shape index (κ3) is 3.70. The van der Waals surface area contributed by atoms with Crippen LogP contribution in [0.3, 0.4) is 0 Å². The van der Waals surface area contributed by atoms with Gasteiger partial charge in [-0.05, 0) is 37.0 Å². The maximum atomic E-state index is 11.8. The van der Waals surface area contributed by atoms with E-state index in [1.807, 2.05) is 14.1 Å². The van der Waals surface area contributed by atoms with Crippen molar-refractivity contribution in [3.8, 4) is 0 Å². The van der Waals surface area contributed by atoms with Gasteiger partial charge in [0.15, 0.2) is 0 Å². The Morgan fingerprint density at radius 2 is 1.95 bits per heavy atom. The second-order valence-corrected chi connectivity index (χ2v) is 5.55. The van der Waals surface area contributed by atoms with Crippen molar-refractivity contribution in [3.05, 3.63) is 29.8 Å². The van der Waals surface area contributed by atoms with E-state index in [2.05, 4.69) is 34.5 Å². The van der Waals surface area contributed by atoms with Gasteiger partial charge in [-0.1, -0.05) is 12.1 Å². The van der Waals surface area contributed by atoms with Gasteiger partial charge in [-0.3, -0.25) is 4.79 Å². The fourth-order valence-corrected chi connectivity index (χ4v) is 2.05. The zero-order chi connectivity index (χ0) is 13.9. The van der Waals surface area contributed by atoms with Gasteiger partial charge < -0.3 is 15.3 Å². The molecule has 1 aliphatic carbocycles. The Kier molecular flexibility index (Phi) is 4.10. The van der Waals surface area contributed by atoms with E-state index in [0.717, 1.165) is 30.5 Å². The first-order valence-electron chi connectivity index (χ1n) is 6.73. The van der Waals surface area contributed by atoms with Crippen molar-refractivity contribution < 1.29 is 9.90 Å². The maximum absolute atomic E-state index is 11.8. The van der Waals surface area contributed by atoms with E-state index in [1.54, 1.807) is 0 Å². The minimum Gasteiger partial charge on any atom is -0.394 e. The molecule has 4 nitrogen and oxygen atoms in total. The number of amides is 1. The van der Waals surface area contributed by atoms with Gasteiger partial charge in [0.25, 0.3) is 0 Å². The highest BCUT2D eigenvalue weighted by Gasteiger charge is 2.43. The lowest BCUT2D eigenvalue weighted by Crippen LogP contribution is -2.39. The normalized spacial score (nSPS) is 15.9. The number of carbonyl (C=O) groups excluding carboxylic acids is 1. The molecule has 0 atom stereocenters. The molecule has 1 amide bonds. The van der Waals surface area contributed by atoms with E-state index in [1.165, 1.54) is 0 Å². The molecule has 2 N–H and O–H groups in total. The molecule has 19 heavy (non-hydrogen) atoms. The van der Waals surface area contributed by atoms with Crippen LogP contribution in [0.2, 0.25) is 0 Å². The molecule has 104 valence electrons. The SMILES string of the molecule is CN(C)c1ccc(CCC(=O)NC2(CO)CC2)cc1. The smallest absolute Gasteiger partial charge is 0.220 e. The summed E-state index contributed by atoms with van der Waals surface area (Å²) in [7, 11) is 4.01. The molecule has 0 radical (unpaired) electrons. The Bertz CT molecular complexity index is 436. The van der Waals surface area contributed by atoms with Gasteiger partial charge in [0.1, 0.15) is 0 Å². The summed E-state index contributed by atoms with van der Waals surface area (Å²) < 4.78 is 0. The van der Waals surface area contributed by atoms with Gasteiger partial charge in [-0.2, -0.15) is 0 Å². The Balaban J connectivity index is 1.80. The number of rotatable bonds is 6. The summed E-state index contributed by atoms with van der Waals surface area (Å²) in [5, 5.41) is 12.1. The summed E-state index contributed by atoms with van der Waals surface area (Å²) in [6.07, 6.45) is 3.00. The molecule has 0 saturated heterocycles. The van der Waals surface area contributed by atoms with Crippen molar-refractivity contribution in [3.63, 3.8) is 0 Å². The first kappa shape index (κ1) is 13.9. The highest BCUT2D eigenvalue weighted by atomic mass is 16.3. The number of hydrogen-bond acceptors (Lipinski definition) is 3. The molecule has 0 spiro atoms. The maximum Gasteiger partial charge on any atom is 0.220 e. The predicted octanol–water partition coefficient (Wildman–Crippen LogP) is 1.33. The lowest BCUT2D eigenvalue weighted by molar-refractivity contribution is -0.122. The third-order valence-electron chi connectivity index (χ3n) is 3.65. The van der Waals surface area contributed by atoms with Crippen LogP contribution < -0.4 is 10.2 Å². The van der Waals surface area contributed by atoms with Gasteiger partial charge >= 0.3 is 0 Å². The molecule has 0 aromatic heterocycles. The van der Waals surface area contributed by atoms with Crippen LogP contribution in [0.25, 0.3) is 0 Å². The number of nitrogens with zero attached hydrogens (tertiary/aromatic N) is 1. The second-order valence-electron chi connectivity index (χ2n) is 5.55. The van der Waals surface area contributed by atoms with Gasteiger partial charge in [0.05, 0.1) is 12.1 Å². The molecular weight excluding hydrogens is 240 g/mol. The van der Waals surface area contributed by atoms with E-state index in [-0.39, 0.29) is 18.1 Å². The van der Waals surface area contributed by atoms with Crippen LogP contribution in [-0.4, -0.2) is 37.3 Å². The molecule has 4 heteroatoms. The summed E-state index contributed by atoms with van der Waals surface area (Å²) in [6.45, 7) is 0.0519. The average Bonchev–Trinajstić information content (AvgIpc) is 3.17. The van der Waals surface area contributed by atoms with Gasteiger partial charge in [-0.15, -0.1) is 0 Å². The Morgan fingerprint density at radius 3 is 2.42 bits per heavy atom. The molecule has 1 aromatic rings. The van der Waals surface area contributed by atoms with E-state index in [4.69, 9.17) is 5.11 Å². The molecule has 0 bridgehead atoms. The lowest BCUT2D eigenvalue weighted by atomic mass is 10.1. The van der Waals surface area contributed by atoms with Crippen LogP contribution in [0.1, 0.15) is 24.8 Å². The van der Waals surface area contributed by atoms with Crippen LogP contribution in [0, 0.1) is 0 Å². The van der Waals surface area contributed by atoms with E-state index >= 15 is 0 Å². The van der Waals surface area contributed by atoms with Crippen LogP contribution in [-0.2, 0) is 11.2 Å². The third-order valence-corrected chi connectivity index (χ3v) is 3.65. The molecule has 0 aliphatic heterocycles. The molecule has 1 saturated carbocycles. The molecule has 1 fully saturated rings. The fraction of sp³-hybridized carbons (Fsp3) is 0.533. The van der Waals surface area contributed by atoms with Crippen LogP contribution in [0.5, 0.6) is 0 Å². The van der Waals surface area contributed by atoms with E-state index in [0.29, 0.717) is 6.42 Å². The summed E-state index contributed by atoms with van der Waals surface area (Å²) >= 11 is 0. The number of aryl methyl sites for hydroxylation is 1. The van der Waals surface area contributed by atoms with Gasteiger partial charge in [0.2, 0.25) is 5.91 Å². The van der Waals surface area contributed by atoms with E-state index in [9.17, 15) is 4.79 Å². The molecule has 0 heterocycles. The number of benzene rings is 1. The molecule has 0 unspecified atom stereocenters. The topological polar surface area (TPSA) is 52.6 Å². The second kappa shape index (κ2) is 5.61. The average molecular weight is 262 g/mol. The first-order chi connectivity index (χ1) is 9.04. The van der Waals surface area contributed by atoms with Crippen molar-refractivity contribution in [2.24, 2.45) is 0 Å². The number of aliphatic hydroxyl groups excluding tert-OH is 1.